The molecule has 0 atom stereocenters. The van der Waals surface area contributed by atoms with Crippen LogP contribution in [0.2, 0.25) is 0 Å². The average Bonchev–Trinajstić information content (AvgIpc) is 3.15. The van der Waals surface area contributed by atoms with Gasteiger partial charge in [0.1, 0.15) is 5.82 Å². The minimum Gasteiger partial charge on any atom is -0.481 e. The molecule has 0 radical (unpaired) electrons. The molecule has 4 rings (SSSR count). The van der Waals surface area contributed by atoms with E-state index < -0.39 is 5.97 Å². The van der Waals surface area contributed by atoms with Crippen molar-refractivity contribution < 1.29 is 14.3 Å². The second-order valence-corrected chi connectivity index (χ2v) is 7.59. The summed E-state index contributed by atoms with van der Waals surface area (Å²) in [5.41, 5.74) is 5.76. The molecule has 0 unspecified atom stereocenters. The highest BCUT2D eigenvalue weighted by molar-refractivity contribution is 7.17. The molecule has 0 bridgehead atoms. The van der Waals surface area contributed by atoms with E-state index in [0.717, 1.165) is 27.5 Å². The first-order chi connectivity index (χ1) is 12.9. The summed E-state index contributed by atoms with van der Waals surface area (Å²) in [5.74, 6) is -1.23. The van der Waals surface area contributed by atoms with Gasteiger partial charge < -0.3 is 5.11 Å². The summed E-state index contributed by atoms with van der Waals surface area (Å²) in [6, 6.07) is 12.3. The van der Waals surface area contributed by atoms with Gasteiger partial charge in [-0.15, -0.1) is 11.3 Å². The van der Waals surface area contributed by atoms with Crippen LogP contribution < -0.4 is 0 Å². The Balaban J connectivity index is 1.89. The van der Waals surface area contributed by atoms with Crippen molar-refractivity contribution in [1.29, 1.82) is 0 Å². The quantitative estimate of drug-likeness (QED) is 0.535. The molecule has 4 aromatic rings. The van der Waals surface area contributed by atoms with Gasteiger partial charge in [-0.1, -0.05) is 12.1 Å². The lowest BCUT2D eigenvalue weighted by molar-refractivity contribution is -0.136. The van der Waals surface area contributed by atoms with Crippen molar-refractivity contribution in [3.8, 4) is 22.5 Å². The minimum atomic E-state index is -0.905. The molecule has 0 amide bonds. The van der Waals surface area contributed by atoms with Crippen LogP contribution >= 0.6 is 11.3 Å². The van der Waals surface area contributed by atoms with Gasteiger partial charge >= 0.3 is 5.97 Å². The van der Waals surface area contributed by atoms with Gasteiger partial charge in [-0.2, -0.15) is 0 Å². The summed E-state index contributed by atoms with van der Waals surface area (Å²) in [6.07, 6.45) is 1.82. The number of nitrogens with zero attached hydrogens (tertiary/aromatic N) is 2. The molecule has 1 N–H and O–H groups in total. The van der Waals surface area contributed by atoms with Crippen LogP contribution in [0.4, 0.5) is 4.39 Å². The van der Waals surface area contributed by atoms with Crippen LogP contribution in [0.1, 0.15) is 16.0 Å². The van der Waals surface area contributed by atoms with Gasteiger partial charge in [0.2, 0.25) is 0 Å². The van der Waals surface area contributed by atoms with Crippen molar-refractivity contribution in [2.75, 3.05) is 0 Å². The number of benzene rings is 2. The monoisotopic (exact) mass is 380 g/mol. The molecular formula is C21H17FN2O2S. The minimum absolute atomic E-state index is 0.0975. The van der Waals surface area contributed by atoms with Gasteiger partial charge in [0.05, 0.1) is 17.8 Å². The van der Waals surface area contributed by atoms with E-state index in [2.05, 4.69) is 26.0 Å². The van der Waals surface area contributed by atoms with E-state index >= 15 is 0 Å². The number of carboxylic acids is 1. The highest BCUT2D eigenvalue weighted by atomic mass is 32.1. The highest BCUT2D eigenvalue weighted by Crippen LogP contribution is 2.34. The predicted molar refractivity (Wildman–Crippen MR) is 105 cm³/mol. The van der Waals surface area contributed by atoms with E-state index in [1.165, 1.54) is 34.6 Å². The summed E-state index contributed by atoms with van der Waals surface area (Å²) in [6.45, 7) is 4.13. The van der Waals surface area contributed by atoms with Gasteiger partial charge in [-0.05, 0) is 60.9 Å². The van der Waals surface area contributed by atoms with Gasteiger partial charge in [0.15, 0.2) is 4.96 Å². The van der Waals surface area contributed by atoms with Crippen LogP contribution in [0.15, 0.2) is 48.7 Å². The second-order valence-electron chi connectivity index (χ2n) is 6.53. The average molecular weight is 380 g/mol. The summed E-state index contributed by atoms with van der Waals surface area (Å²) < 4.78 is 15.2. The second kappa shape index (κ2) is 6.63. The number of halogens is 1. The Hall–Kier alpha value is -2.99. The number of rotatable bonds is 4. The van der Waals surface area contributed by atoms with E-state index in [1.54, 1.807) is 12.1 Å². The number of aromatic nitrogens is 2. The molecule has 2 heterocycles. The number of thiazole rings is 1. The lowest BCUT2D eigenvalue weighted by atomic mass is 10.0. The summed E-state index contributed by atoms with van der Waals surface area (Å²) >= 11 is 1.35. The van der Waals surface area contributed by atoms with Crippen molar-refractivity contribution in [2.45, 2.75) is 20.3 Å². The summed E-state index contributed by atoms with van der Waals surface area (Å²) in [4.78, 5) is 17.4. The third-order valence-corrected chi connectivity index (χ3v) is 5.68. The maximum Gasteiger partial charge on any atom is 0.308 e. The first kappa shape index (κ1) is 17.4. The Morgan fingerprint density at radius 3 is 2.48 bits per heavy atom. The van der Waals surface area contributed by atoms with Crippen molar-refractivity contribution in [3.05, 3.63) is 70.5 Å². The molecule has 0 saturated heterocycles. The number of aliphatic carboxylic acids is 1. The van der Waals surface area contributed by atoms with Crippen LogP contribution in [-0.4, -0.2) is 20.5 Å². The lowest BCUT2D eigenvalue weighted by Crippen LogP contribution is -2.00. The highest BCUT2D eigenvalue weighted by Gasteiger charge is 2.19. The fraction of sp³-hybridized carbons (Fsp3) is 0.143. The Morgan fingerprint density at radius 1 is 1.11 bits per heavy atom. The van der Waals surface area contributed by atoms with Crippen molar-refractivity contribution in [2.24, 2.45) is 0 Å². The molecule has 0 fully saturated rings. The maximum absolute atomic E-state index is 13.3. The van der Waals surface area contributed by atoms with Crippen molar-refractivity contribution in [1.82, 2.24) is 9.38 Å². The van der Waals surface area contributed by atoms with E-state index in [0.29, 0.717) is 4.88 Å². The zero-order valence-electron chi connectivity index (χ0n) is 14.9. The van der Waals surface area contributed by atoms with Gasteiger partial charge in [-0.25, -0.2) is 9.37 Å². The normalized spacial score (nSPS) is 11.2. The summed E-state index contributed by atoms with van der Waals surface area (Å²) in [7, 11) is 0. The molecular weight excluding hydrogens is 363 g/mol. The van der Waals surface area contributed by atoms with Crippen molar-refractivity contribution >= 4 is 22.3 Å². The molecule has 0 aliphatic heterocycles. The van der Waals surface area contributed by atoms with E-state index in [1.807, 2.05) is 16.7 Å². The van der Waals surface area contributed by atoms with Gasteiger partial charge in [0, 0.05) is 16.6 Å². The molecule has 6 heteroatoms. The Morgan fingerprint density at radius 2 is 1.81 bits per heavy atom. The molecule has 0 aliphatic carbocycles. The third-order valence-electron chi connectivity index (χ3n) is 4.63. The van der Waals surface area contributed by atoms with Gasteiger partial charge in [0.25, 0.3) is 0 Å². The van der Waals surface area contributed by atoms with Crippen molar-refractivity contribution in [3.63, 3.8) is 0 Å². The number of hydrogen-bond donors (Lipinski definition) is 1. The molecule has 0 saturated carbocycles. The Labute approximate surface area is 159 Å². The molecule has 4 nitrogen and oxygen atoms in total. The zero-order valence-corrected chi connectivity index (χ0v) is 15.7. The smallest absolute Gasteiger partial charge is 0.308 e. The fourth-order valence-corrected chi connectivity index (χ4v) is 4.21. The topological polar surface area (TPSA) is 54.6 Å². The molecule has 0 aliphatic rings. The molecule has 27 heavy (non-hydrogen) atoms. The lowest BCUT2D eigenvalue weighted by Gasteiger charge is -2.04. The van der Waals surface area contributed by atoms with Crippen LogP contribution in [0.25, 0.3) is 27.5 Å². The largest absolute Gasteiger partial charge is 0.481 e. The predicted octanol–water partition coefficient (Wildman–Crippen LogP) is 5.11. The number of fused-ring (bicyclic) bond motifs is 1. The van der Waals surface area contributed by atoms with Gasteiger partial charge in [-0.3, -0.25) is 9.20 Å². The van der Waals surface area contributed by atoms with Crippen LogP contribution in [-0.2, 0) is 11.2 Å². The van der Waals surface area contributed by atoms with Crippen LogP contribution in [0.5, 0.6) is 0 Å². The van der Waals surface area contributed by atoms with Crippen LogP contribution in [0.3, 0.4) is 0 Å². The number of imidazole rings is 1. The molecule has 2 aromatic carbocycles. The third kappa shape index (κ3) is 3.24. The number of hydrogen-bond acceptors (Lipinski definition) is 3. The standard InChI is InChI=1S/C21H17FN2O2S/c1-12-3-4-15(9-13(12)2)17-11-24-20(14-5-7-16(22)8-6-14)18(10-19(25)26)27-21(24)23-17/h3-9,11H,10H2,1-2H3,(H,25,26). The SMILES string of the molecule is Cc1ccc(-c2cn3c(-c4ccc(F)cc4)c(CC(=O)O)sc3n2)cc1C. The Kier molecular flexibility index (Phi) is 4.28. The fourth-order valence-electron chi connectivity index (χ4n) is 3.09. The first-order valence-corrected chi connectivity index (χ1v) is 9.30. The van der Waals surface area contributed by atoms with E-state index in [-0.39, 0.29) is 12.2 Å². The molecule has 0 spiro atoms. The zero-order chi connectivity index (χ0) is 19.1. The van der Waals surface area contributed by atoms with E-state index in [9.17, 15) is 14.3 Å². The van der Waals surface area contributed by atoms with Crippen LogP contribution in [0, 0.1) is 19.7 Å². The number of carboxylic acid groups (broad SMARTS) is 1. The number of aryl methyl sites for hydroxylation is 2. The van der Waals surface area contributed by atoms with E-state index in [4.69, 9.17) is 4.98 Å². The number of carbonyl (C=O) groups is 1. The Bertz CT molecular complexity index is 1160. The molecule has 136 valence electrons. The maximum atomic E-state index is 13.3. The molecule has 2 aromatic heterocycles. The first-order valence-electron chi connectivity index (χ1n) is 8.48. The summed E-state index contributed by atoms with van der Waals surface area (Å²) in [5, 5.41) is 9.25.